The van der Waals surface area contributed by atoms with Gasteiger partial charge in [-0.15, -0.1) is 0 Å². The first-order valence-electron chi connectivity index (χ1n) is 9.52. The summed E-state index contributed by atoms with van der Waals surface area (Å²) in [5.74, 6) is -0.534. The molecule has 26 heavy (non-hydrogen) atoms. The number of benzene rings is 1. The van der Waals surface area contributed by atoms with E-state index in [0.717, 1.165) is 19.3 Å². The number of nitrogens with zero attached hydrogens (tertiary/aromatic N) is 1. The van der Waals surface area contributed by atoms with Gasteiger partial charge in [0.15, 0.2) is 0 Å². The summed E-state index contributed by atoms with van der Waals surface area (Å²) in [4.78, 5) is 27.1. The minimum Gasteiger partial charge on any atom is -0.448 e. The maximum absolute atomic E-state index is 13.2. The van der Waals surface area contributed by atoms with Crippen LogP contribution in [0.25, 0.3) is 0 Å². The third kappa shape index (κ3) is 2.19. The van der Waals surface area contributed by atoms with Crippen LogP contribution >= 0.6 is 0 Å². The number of aliphatic hydroxyl groups is 1. The van der Waals surface area contributed by atoms with Gasteiger partial charge in [-0.05, 0) is 36.2 Å². The molecule has 1 saturated heterocycles. The number of rotatable bonds is 3. The number of ether oxygens (including phenoxy) is 1. The Balaban J connectivity index is 1.62. The topological polar surface area (TPSA) is 66.8 Å². The average Bonchev–Trinajstić information content (AvgIpc) is 3.02. The number of cyclic esters (lactones) is 1. The minimum atomic E-state index is -0.944. The lowest BCUT2D eigenvalue weighted by Gasteiger charge is -2.49. The average molecular weight is 357 g/mol. The zero-order valence-corrected chi connectivity index (χ0v) is 15.6. The predicted molar refractivity (Wildman–Crippen MR) is 96.1 cm³/mol. The zero-order valence-electron chi connectivity index (χ0n) is 15.6. The molecule has 1 N–H and O–H groups in total. The Morgan fingerprint density at radius 1 is 1.31 bits per heavy atom. The van der Waals surface area contributed by atoms with Gasteiger partial charge in [-0.3, -0.25) is 4.79 Å². The molecule has 1 aromatic rings. The van der Waals surface area contributed by atoms with Crippen LogP contribution in [-0.4, -0.2) is 34.7 Å². The SMILES string of the molecule is C[C@H](C(=O)N1C(=O)OC[C@]23CC[C@H](C[C@@H]12)C3(C)C)[C@H](O)c1ccccc1. The summed E-state index contributed by atoms with van der Waals surface area (Å²) in [5.41, 5.74) is 0.582. The van der Waals surface area contributed by atoms with Crippen molar-refractivity contribution in [1.29, 1.82) is 0 Å². The van der Waals surface area contributed by atoms with E-state index in [0.29, 0.717) is 18.1 Å². The van der Waals surface area contributed by atoms with Crippen LogP contribution in [0, 0.1) is 22.7 Å². The fourth-order valence-electron chi connectivity index (χ4n) is 5.66. The third-order valence-corrected chi connectivity index (χ3v) is 7.59. The van der Waals surface area contributed by atoms with Crippen molar-refractivity contribution in [1.82, 2.24) is 4.90 Å². The summed E-state index contributed by atoms with van der Waals surface area (Å²) >= 11 is 0. The monoisotopic (exact) mass is 357 g/mol. The van der Waals surface area contributed by atoms with Gasteiger partial charge in [0.05, 0.1) is 18.1 Å². The number of imide groups is 1. The Labute approximate surface area is 154 Å². The summed E-state index contributed by atoms with van der Waals surface area (Å²) in [7, 11) is 0. The van der Waals surface area contributed by atoms with Crippen molar-refractivity contribution in [2.45, 2.75) is 52.2 Å². The van der Waals surface area contributed by atoms with E-state index in [9.17, 15) is 14.7 Å². The summed E-state index contributed by atoms with van der Waals surface area (Å²) in [6.45, 7) is 6.58. The van der Waals surface area contributed by atoms with Crippen LogP contribution in [-0.2, 0) is 9.53 Å². The van der Waals surface area contributed by atoms with Crippen LogP contribution in [0.5, 0.6) is 0 Å². The van der Waals surface area contributed by atoms with Crippen molar-refractivity contribution in [2.75, 3.05) is 6.61 Å². The van der Waals surface area contributed by atoms with Crippen molar-refractivity contribution in [3.8, 4) is 0 Å². The van der Waals surface area contributed by atoms with Crippen LogP contribution in [0.4, 0.5) is 4.79 Å². The van der Waals surface area contributed by atoms with E-state index in [1.54, 1.807) is 19.1 Å². The molecule has 0 radical (unpaired) electrons. The van der Waals surface area contributed by atoms with Gasteiger partial charge in [0.2, 0.25) is 5.91 Å². The molecule has 2 amide bonds. The molecule has 5 atom stereocenters. The Kier molecular flexibility index (Phi) is 3.92. The van der Waals surface area contributed by atoms with Crippen LogP contribution in [0.2, 0.25) is 0 Å². The largest absolute Gasteiger partial charge is 0.448 e. The normalized spacial score (nSPS) is 34.2. The highest BCUT2D eigenvalue weighted by molar-refractivity contribution is 5.94. The van der Waals surface area contributed by atoms with Gasteiger partial charge in [0.25, 0.3) is 0 Å². The molecule has 5 nitrogen and oxygen atoms in total. The lowest BCUT2D eigenvalue weighted by Crippen LogP contribution is -2.61. The van der Waals surface area contributed by atoms with Crippen molar-refractivity contribution in [3.05, 3.63) is 35.9 Å². The molecule has 1 aliphatic heterocycles. The number of carbonyl (C=O) groups is 2. The highest BCUT2D eigenvalue weighted by atomic mass is 16.6. The lowest BCUT2D eigenvalue weighted by molar-refractivity contribution is -0.149. The van der Waals surface area contributed by atoms with Gasteiger partial charge in [-0.2, -0.15) is 0 Å². The molecule has 1 spiro atoms. The molecule has 0 aromatic heterocycles. The Morgan fingerprint density at radius 2 is 2.00 bits per heavy atom. The van der Waals surface area contributed by atoms with Gasteiger partial charge in [0, 0.05) is 5.41 Å². The molecule has 2 bridgehead atoms. The molecule has 0 unspecified atom stereocenters. The standard InChI is InChI=1S/C21H27NO4/c1-13(17(23)14-7-5-4-6-8-14)18(24)22-16-11-15-9-10-21(16,20(15,2)3)12-26-19(22)25/h4-8,13,15-17,23H,9-12H2,1-3H3/t13-,15+,16+,17-,21+/m0/s1. The van der Waals surface area contributed by atoms with Gasteiger partial charge in [0.1, 0.15) is 6.61 Å². The Morgan fingerprint density at radius 3 is 2.65 bits per heavy atom. The quantitative estimate of drug-likeness (QED) is 0.899. The van der Waals surface area contributed by atoms with Gasteiger partial charge in [-0.25, -0.2) is 9.69 Å². The van der Waals surface area contributed by atoms with Crippen molar-refractivity contribution in [2.24, 2.45) is 22.7 Å². The number of carbonyl (C=O) groups excluding carboxylic acids is 2. The highest BCUT2D eigenvalue weighted by Crippen LogP contribution is 2.68. The second kappa shape index (κ2) is 5.81. The minimum absolute atomic E-state index is 0.0538. The van der Waals surface area contributed by atoms with Gasteiger partial charge < -0.3 is 9.84 Å². The molecule has 4 rings (SSSR count). The fraction of sp³-hybridized carbons (Fsp3) is 0.619. The Hall–Kier alpha value is -1.88. The smallest absolute Gasteiger partial charge is 0.416 e. The second-order valence-electron chi connectivity index (χ2n) is 8.77. The number of aliphatic hydroxyl groups excluding tert-OH is 1. The van der Waals surface area contributed by atoms with Crippen molar-refractivity contribution >= 4 is 12.0 Å². The molecular weight excluding hydrogens is 330 g/mol. The molecule has 1 heterocycles. The number of amides is 2. The maximum atomic E-state index is 13.2. The molecular formula is C21H27NO4. The van der Waals surface area contributed by atoms with E-state index in [2.05, 4.69) is 13.8 Å². The molecule has 140 valence electrons. The summed E-state index contributed by atoms with van der Waals surface area (Å²) in [6, 6.07) is 9.01. The number of hydrogen-bond donors (Lipinski definition) is 1. The summed E-state index contributed by atoms with van der Waals surface area (Å²) < 4.78 is 5.50. The first-order valence-corrected chi connectivity index (χ1v) is 9.52. The van der Waals surface area contributed by atoms with Crippen molar-refractivity contribution in [3.63, 3.8) is 0 Å². The predicted octanol–water partition coefficient (Wildman–Crippen LogP) is 3.53. The number of fused-ring (bicyclic) bond motifs is 1. The summed E-state index contributed by atoms with van der Waals surface area (Å²) in [6.07, 6.45) is 1.47. The molecule has 2 saturated carbocycles. The van der Waals surface area contributed by atoms with Gasteiger partial charge >= 0.3 is 6.09 Å². The molecule has 3 aliphatic rings. The van der Waals surface area contributed by atoms with Crippen LogP contribution < -0.4 is 0 Å². The molecule has 1 aromatic carbocycles. The van der Waals surface area contributed by atoms with E-state index in [1.165, 1.54) is 4.90 Å². The zero-order chi connectivity index (χ0) is 18.7. The fourth-order valence-corrected chi connectivity index (χ4v) is 5.66. The first-order chi connectivity index (χ1) is 12.3. The number of hydrogen-bond acceptors (Lipinski definition) is 4. The first kappa shape index (κ1) is 17.5. The van der Waals surface area contributed by atoms with E-state index in [4.69, 9.17) is 4.74 Å². The van der Waals surface area contributed by atoms with Crippen LogP contribution in [0.3, 0.4) is 0 Å². The maximum Gasteiger partial charge on any atom is 0.416 e. The van der Waals surface area contributed by atoms with E-state index < -0.39 is 18.1 Å². The van der Waals surface area contributed by atoms with Crippen LogP contribution in [0.1, 0.15) is 51.7 Å². The lowest BCUT2D eigenvalue weighted by atomic mass is 9.67. The second-order valence-corrected chi connectivity index (χ2v) is 8.77. The van der Waals surface area contributed by atoms with Gasteiger partial charge in [-0.1, -0.05) is 51.1 Å². The molecule has 5 heteroatoms. The Bertz CT molecular complexity index is 731. The van der Waals surface area contributed by atoms with E-state index in [-0.39, 0.29) is 22.8 Å². The van der Waals surface area contributed by atoms with E-state index >= 15 is 0 Å². The van der Waals surface area contributed by atoms with Crippen molar-refractivity contribution < 1.29 is 19.4 Å². The highest BCUT2D eigenvalue weighted by Gasteiger charge is 2.69. The third-order valence-electron chi connectivity index (χ3n) is 7.59. The van der Waals surface area contributed by atoms with Crippen LogP contribution in [0.15, 0.2) is 30.3 Å². The molecule has 2 aliphatic carbocycles. The summed E-state index contributed by atoms with van der Waals surface area (Å²) in [5, 5.41) is 10.7. The molecule has 3 fully saturated rings. The van der Waals surface area contributed by atoms with E-state index in [1.807, 2.05) is 18.2 Å².